The molecule has 0 saturated carbocycles. The van der Waals surface area contributed by atoms with E-state index < -0.39 is 22.5 Å². The van der Waals surface area contributed by atoms with Crippen LogP contribution in [0, 0.1) is 11.3 Å². The molecule has 140 valence electrons. The smallest absolute Gasteiger partial charge is 0.245 e. The number of nitriles is 1. The molecule has 0 aliphatic heterocycles. The van der Waals surface area contributed by atoms with Crippen LogP contribution in [0.1, 0.15) is 12.5 Å². The lowest BCUT2D eigenvalue weighted by Gasteiger charge is -2.22. The molecule has 0 fully saturated rings. The van der Waals surface area contributed by atoms with Gasteiger partial charge in [-0.1, -0.05) is 18.2 Å². The van der Waals surface area contributed by atoms with Gasteiger partial charge in [-0.15, -0.1) is 0 Å². The summed E-state index contributed by atoms with van der Waals surface area (Å²) in [6, 6.07) is 14.5. The average molecular weight is 386 g/mol. The van der Waals surface area contributed by atoms with Gasteiger partial charge in [0.15, 0.2) is 0 Å². The Hall–Kier alpha value is -3.38. The van der Waals surface area contributed by atoms with E-state index in [2.05, 4.69) is 10.6 Å². The lowest BCUT2D eigenvalue weighted by Crippen LogP contribution is -2.37. The van der Waals surface area contributed by atoms with Crippen molar-refractivity contribution in [3.8, 4) is 6.07 Å². The minimum atomic E-state index is -3.77. The lowest BCUT2D eigenvalue weighted by atomic mass is 10.2. The summed E-state index contributed by atoms with van der Waals surface area (Å²) in [5, 5.41) is 14.2. The minimum absolute atomic E-state index is 0.229. The van der Waals surface area contributed by atoms with Gasteiger partial charge in [0, 0.05) is 12.6 Å². The number of para-hydroxylation sites is 1. The van der Waals surface area contributed by atoms with E-state index in [-0.39, 0.29) is 17.2 Å². The number of nitrogens with zero attached hydrogens (tertiary/aromatic N) is 2. The van der Waals surface area contributed by atoms with E-state index in [1.165, 1.54) is 19.1 Å². The fourth-order valence-electron chi connectivity index (χ4n) is 2.35. The molecule has 0 aliphatic rings. The van der Waals surface area contributed by atoms with E-state index in [0.717, 1.165) is 10.6 Å². The topological polar surface area (TPSA) is 119 Å². The number of sulfonamides is 1. The van der Waals surface area contributed by atoms with Crippen molar-refractivity contribution in [1.29, 1.82) is 5.26 Å². The van der Waals surface area contributed by atoms with Crippen LogP contribution in [-0.4, -0.2) is 33.0 Å². The highest BCUT2D eigenvalue weighted by molar-refractivity contribution is 7.92. The molecule has 2 aromatic carbocycles. The normalized spacial score (nSPS) is 10.6. The summed E-state index contributed by atoms with van der Waals surface area (Å²) in [5.41, 5.74) is 1.20. The van der Waals surface area contributed by atoms with Crippen LogP contribution in [0.2, 0.25) is 0 Å². The van der Waals surface area contributed by atoms with Gasteiger partial charge in [-0.2, -0.15) is 5.26 Å². The van der Waals surface area contributed by atoms with Crippen molar-refractivity contribution in [1.82, 2.24) is 0 Å². The van der Waals surface area contributed by atoms with Crippen molar-refractivity contribution in [3.63, 3.8) is 0 Å². The second-order valence-electron chi connectivity index (χ2n) is 5.71. The first-order valence-corrected chi connectivity index (χ1v) is 9.70. The Bertz CT molecular complexity index is 1010. The fourth-order valence-corrected chi connectivity index (χ4v) is 3.20. The third-order valence-electron chi connectivity index (χ3n) is 3.46. The highest BCUT2D eigenvalue weighted by Gasteiger charge is 2.21. The molecule has 2 amide bonds. The maximum absolute atomic E-state index is 12.4. The van der Waals surface area contributed by atoms with Crippen LogP contribution in [0.25, 0.3) is 0 Å². The third kappa shape index (κ3) is 5.55. The largest absolute Gasteiger partial charge is 0.326 e. The average Bonchev–Trinajstić information content (AvgIpc) is 2.59. The molecular formula is C18H18N4O4S. The molecule has 0 atom stereocenters. The van der Waals surface area contributed by atoms with E-state index in [1.54, 1.807) is 36.4 Å². The molecule has 2 rings (SSSR count). The molecule has 27 heavy (non-hydrogen) atoms. The molecule has 2 N–H and O–H groups in total. The van der Waals surface area contributed by atoms with Crippen LogP contribution in [0.5, 0.6) is 0 Å². The van der Waals surface area contributed by atoms with Crippen molar-refractivity contribution in [3.05, 3.63) is 54.1 Å². The molecule has 0 spiro atoms. The van der Waals surface area contributed by atoms with Crippen LogP contribution in [0.4, 0.5) is 17.1 Å². The van der Waals surface area contributed by atoms with Crippen LogP contribution < -0.4 is 14.9 Å². The van der Waals surface area contributed by atoms with Crippen molar-refractivity contribution >= 4 is 38.9 Å². The van der Waals surface area contributed by atoms with Gasteiger partial charge in [-0.25, -0.2) is 8.42 Å². The number of amides is 2. The van der Waals surface area contributed by atoms with Crippen molar-refractivity contribution in [2.24, 2.45) is 0 Å². The summed E-state index contributed by atoms with van der Waals surface area (Å²) in [7, 11) is -3.77. The third-order valence-corrected chi connectivity index (χ3v) is 4.60. The summed E-state index contributed by atoms with van der Waals surface area (Å²) in [4.78, 5) is 23.6. The minimum Gasteiger partial charge on any atom is -0.326 e. The van der Waals surface area contributed by atoms with Gasteiger partial charge in [-0.05, 0) is 30.3 Å². The summed E-state index contributed by atoms with van der Waals surface area (Å²) < 4.78 is 25.3. The lowest BCUT2D eigenvalue weighted by molar-refractivity contribution is -0.115. The first-order chi connectivity index (χ1) is 12.7. The molecule has 0 aromatic heterocycles. The highest BCUT2D eigenvalue weighted by atomic mass is 32.2. The summed E-state index contributed by atoms with van der Waals surface area (Å²) in [5.74, 6) is -0.906. The number of nitrogens with one attached hydrogen (secondary N) is 2. The number of carbonyl (C=O) groups is 2. The summed E-state index contributed by atoms with van der Waals surface area (Å²) in [6.45, 7) is 0.850. The molecule has 0 unspecified atom stereocenters. The predicted molar refractivity (Wildman–Crippen MR) is 103 cm³/mol. The fraction of sp³-hybridized carbons (Fsp3) is 0.167. The molecule has 0 aliphatic carbocycles. The molecule has 9 heteroatoms. The Balaban J connectivity index is 2.27. The maximum Gasteiger partial charge on any atom is 0.245 e. The molecule has 0 saturated heterocycles. The number of anilines is 3. The predicted octanol–water partition coefficient (Wildman–Crippen LogP) is 1.92. The first-order valence-electron chi connectivity index (χ1n) is 7.85. The Morgan fingerprint density at radius 3 is 2.44 bits per heavy atom. The number of hydrogen-bond donors (Lipinski definition) is 2. The molecule has 8 nitrogen and oxygen atoms in total. The van der Waals surface area contributed by atoms with Gasteiger partial charge in [0.05, 0.1) is 23.2 Å². The van der Waals surface area contributed by atoms with E-state index in [1.807, 2.05) is 6.07 Å². The molecule has 0 heterocycles. The van der Waals surface area contributed by atoms with Crippen LogP contribution in [0.15, 0.2) is 48.5 Å². The summed E-state index contributed by atoms with van der Waals surface area (Å²) in [6.07, 6.45) is 0.981. The quantitative estimate of drug-likeness (QED) is 0.786. The number of hydrogen-bond acceptors (Lipinski definition) is 5. The van der Waals surface area contributed by atoms with Crippen LogP contribution in [0.3, 0.4) is 0 Å². The number of benzene rings is 2. The monoisotopic (exact) mass is 386 g/mol. The van der Waals surface area contributed by atoms with Gasteiger partial charge < -0.3 is 10.6 Å². The van der Waals surface area contributed by atoms with Gasteiger partial charge >= 0.3 is 0 Å². The highest BCUT2D eigenvalue weighted by Crippen LogP contribution is 2.22. The van der Waals surface area contributed by atoms with Gasteiger partial charge in [0.2, 0.25) is 21.8 Å². The Kier molecular flexibility index (Phi) is 6.15. The zero-order valence-corrected chi connectivity index (χ0v) is 15.6. The second kappa shape index (κ2) is 8.33. The summed E-state index contributed by atoms with van der Waals surface area (Å²) >= 11 is 0. The molecule has 2 aromatic rings. The molecule has 0 radical (unpaired) electrons. The Labute approximate surface area is 157 Å². The maximum atomic E-state index is 12.4. The van der Waals surface area contributed by atoms with Gasteiger partial charge in [-0.3, -0.25) is 13.9 Å². The Morgan fingerprint density at radius 1 is 1.11 bits per heavy atom. The molecular weight excluding hydrogens is 368 g/mol. The second-order valence-corrected chi connectivity index (χ2v) is 7.61. The SMILES string of the molecule is CC(=O)Nc1cccc(N(CC(=O)Nc2ccccc2C#N)S(C)(=O)=O)c1. The van der Waals surface area contributed by atoms with Crippen LogP contribution in [-0.2, 0) is 19.6 Å². The Morgan fingerprint density at radius 2 is 1.81 bits per heavy atom. The van der Waals surface area contributed by atoms with E-state index in [0.29, 0.717) is 11.4 Å². The zero-order chi connectivity index (χ0) is 20.0. The van der Waals surface area contributed by atoms with E-state index in [9.17, 15) is 18.0 Å². The van der Waals surface area contributed by atoms with E-state index in [4.69, 9.17) is 5.26 Å². The van der Waals surface area contributed by atoms with Gasteiger partial charge in [0.25, 0.3) is 0 Å². The van der Waals surface area contributed by atoms with Crippen molar-refractivity contribution in [2.45, 2.75) is 6.92 Å². The van der Waals surface area contributed by atoms with E-state index >= 15 is 0 Å². The first kappa shape index (κ1) is 19.9. The number of rotatable bonds is 6. The van der Waals surface area contributed by atoms with Crippen molar-refractivity contribution in [2.75, 3.05) is 27.7 Å². The standard InChI is InChI=1S/C18H18N4O4S/c1-13(23)20-15-7-5-8-16(10-15)22(27(2,25)26)12-18(24)21-17-9-4-3-6-14(17)11-19/h3-10H,12H2,1-2H3,(H,20,23)(H,21,24). The number of carbonyl (C=O) groups excluding carboxylic acids is 2. The van der Waals surface area contributed by atoms with Crippen LogP contribution >= 0.6 is 0 Å². The molecule has 0 bridgehead atoms. The zero-order valence-electron chi connectivity index (χ0n) is 14.8. The van der Waals surface area contributed by atoms with Gasteiger partial charge in [0.1, 0.15) is 12.6 Å². The van der Waals surface area contributed by atoms with Crippen molar-refractivity contribution < 1.29 is 18.0 Å².